The molecule has 0 aliphatic rings. The Hall–Kier alpha value is 0.244. The van der Waals surface area contributed by atoms with Gasteiger partial charge in [-0.05, 0) is 12.3 Å². The average molecular weight is 338 g/mol. The molecule has 1 rings (SSSR count). The Balaban J connectivity index is 0. The Morgan fingerprint density at radius 3 is 2.00 bits per heavy atom. The molecule has 0 saturated carbocycles. The van der Waals surface area contributed by atoms with E-state index in [1.54, 1.807) is 7.05 Å². The molecule has 0 fully saturated rings. The van der Waals surface area contributed by atoms with Gasteiger partial charge in [0.05, 0.1) is 6.10 Å². The molecule has 2 unspecified atom stereocenters. The predicted molar refractivity (Wildman–Crippen MR) is 77.8 cm³/mol. The molecular weight excluding hydrogens is 311 g/mol. The fraction of sp³-hybridized carbons (Fsp3) is 0.562. The minimum atomic E-state index is 0. The van der Waals surface area contributed by atoms with Gasteiger partial charge in [0, 0.05) is 39.8 Å². The van der Waals surface area contributed by atoms with E-state index in [0.29, 0.717) is 5.92 Å². The average Bonchev–Trinajstić information content (AvgIpc) is 2.31. The summed E-state index contributed by atoms with van der Waals surface area (Å²) in [5.74, 6) is 0.475. The summed E-state index contributed by atoms with van der Waals surface area (Å²) < 4.78 is 0. The molecule has 1 radical (unpaired) electrons. The van der Waals surface area contributed by atoms with E-state index in [0.717, 1.165) is 6.42 Å². The maximum Gasteiger partial charge on any atom is 0.0812 e. The van der Waals surface area contributed by atoms with Crippen LogP contribution in [0.1, 0.15) is 34.1 Å². The smallest absolute Gasteiger partial charge is 0.0812 e. The van der Waals surface area contributed by atoms with Gasteiger partial charge in [-0.25, -0.2) is 5.48 Å². The molecule has 107 valence electrons. The number of rotatable bonds is 5. The van der Waals surface area contributed by atoms with Gasteiger partial charge in [0.25, 0.3) is 0 Å². The quantitative estimate of drug-likeness (QED) is 0.649. The van der Waals surface area contributed by atoms with Gasteiger partial charge in [0.15, 0.2) is 0 Å². The van der Waals surface area contributed by atoms with Crippen LogP contribution in [0.3, 0.4) is 0 Å². The molecule has 2 nitrogen and oxygen atoms in total. The van der Waals surface area contributed by atoms with E-state index in [1.807, 2.05) is 30.3 Å². The van der Waals surface area contributed by atoms with Crippen LogP contribution in [-0.4, -0.2) is 13.2 Å². The van der Waals surface area contributed by atoms with E-state index in [9.17, 15) is 0 Å². The molecule has 1 aromatic carbocycles. The van der Waals surface area contributed by atoms with Gasteiger partial charge in [0.1, 0.15) is 0 Å². The summed E-state index contributed by atoms with van der Waals surface area (Å²) >= 11 is 0. The Bertz CT molecular complexity index is 261. The Morgan fingerprint density at radius 2 is 1.74 bits per heavy atom. The van der Waals surface area contributed by atoms with Crippen LogP contribution in [0.25, 0.3) is 0 Å². The van der Waals surface area contributed by atoms with Crippen LogP contribution >= 0.6 is 0 Å². The number of hydrogen-bond acceptors (Lipinski definition) is 2. The summed E-state index contributed by atoms with van der Waals surface area (Å²) in [6, 6.07) is 12.5. The molecule has 0 aromatic heterocycles. The normalized spacial score (nSPS) is 13.6. The molecule has 0 heterocycles. The van der Waals surface area contributed by atoms with Crippen LogP contribution in [0.5, 0.6) is 0 Å². The predicted octanol–water partition coefficient (Wildman–Crippen LogP) is 3.90. The van der Waals surface area contributed by atoms with Crippen molar-refractivity contribution in [1.29, 1.82) is 0 Å². The van der Waals surface area contributed by atoms with Crippen LogP contribution in [0.2, 0.25) is 0 Å². The summed E-state index contributed by atoms with van der Waals surface area (Å²) in [5, 5.41) is 0. The first-order valence-electron chi connectivity index (χ1n) is 6.46. The van der Waals surface area contributed by atoms with Gasteiger partial charge in [0.2, 0.25) is 0 Å². The van der Waals surface area contributed by atoms with Gasteiger partial charge < -0.3 is 6.92 Å². The maximum absolute atomic E-state index is 5.33. The summed E-state index contributed by atoms with van der Waals surface area (Å²) in [7, 11) is 1.79. The van der Waals surface area contributed by atoms with Crippen molar-refractivity contribution in [2.75, 3.05) is 7.05 Å². The third kappa shape index (κ3) is 11.7. The second-order valence-electron chi connectivity index (χ2n) is 5.34. The van der Waals surface area contributed by atoms with Crippen LogP contribution in [0.4, 0.5) is 0 Å². The molecule has 2 atom stereocenters. The molecule has 19 heavy (non-hydrogen) atoms. The van der Waals surface area contributed by atoms with Crippen molar-refractivity contribution in [2.45, 2.75) is 40.2 Å². The van der Waals surface area contributed by atoms with Crippen LogP contribution in [0.15, 0.2) is 30.3 Å². The Morgan fingerprint density at radius 1 is 1.21 bits per heavy atom. The van der Waals surface area contributed by atoms with Gasteiger partial charge >= 0.3 is 0 Å². The van der Waals surface area contributed by atoms with E-state index in [1.165, 1.54) is 0 Å². The van der Waals surface area contributed by atoms with Crippen molar-refractivity contribution < 1.29 is 37.5 Å². The SMILES string of the molecule is [CH2-]C(C)CC(C)(C)C(C)ONC.[Y].[c-]1ccccc1. The monoisotopic (exact) mass is 338 g/mol. The molecule has 1 aromatic rings. The number of hydroxylamine groups is 1. The number of hydrogen-bond donors (Lipinski definition) is 1. The van der Waals surface area contributed by atoms with Gasteiger partial charge in [-0.3, -0.25) is 4.84 Å². The van der Waals surface area contributed by atoms with E-state index in [4.69, 9.17) is 4.84 Å². The molecule has 3 heteroatoms. The number of nitrogens with one attached hydrogen (secondary N) is 1. The van der Waals surface area contributed by atoms with Crippen LogP contribution < -0.4 is 5.48 Å². The van der Waals surface area contributed by atoms with Crippen LogP contribution in [0, 0.1) is 24.3 Å². The van der Waals surface area contributed by atoms with E-state index < -0.39 is 0 Å². The van der Waals surface area contributed by atoms with Gasteiger partial charge in [-0.2, -0.15) is 42.3 Å². The second kappa shape index (κ2) is 12.0. The first kappa shape index (κ1) is 21.5. The third-order valence-corrected chi connectivity index (χ3v) is 2.88. The van der Waals surface area contributed by atoms with Gasteiger partial charge in [-0.15, -0.1) is 0 Å². The maximum atomic E-state index is 5.33. The van der Waals surface area contributed by atoms with Crippen molar-refractivity contribution in [3.8, 4) is 0 Å². The molecule has 1 N–H and O–H groups in total. The zero-order valence-electron chi connectivity index (χ0n) is 12.9. The van der Waals surface area contributed by atoms with E-state index in [2.05, 4.69) is 46.2 Å². The zero-order chi connectivity index (χ0) is 14.0. The fourth-order valence-electron chi connectivity index (χ4n) is 1.74. The molecule has 0 spiro atoms. The molecular formula is C16H27NOY-2. The molecule has 0 aliphatic carbocycles. The standard InChI is InChI=1S/C10H22NO.C6H5.Y/c1-8(2)7-10(4,5)9(3)12-11-6;1-2-4-6-5-3-1;/h8-9,11H,1,7H2,2-6H3;1-5H;/q2*-1;. The fourth-order valence-corrected chi connectivity index (χ4v) is 1.74. The zero-order valence-corrected chi connectivity index (χ0v) is 15.8. The molecule has 0 aliphatic heterocycles. The van der Waals surface area contributed by atoms with E-state index >= 15 is 0 Å². The topological polar surface area (TPSA) is 21.3 Å². The molecule has 0 saturated heterocycles. The molecule has 0 bridgehead atoms. The Labute approximate surface area is 144 Å². The van der Waals surface area contributed by atoms with E-state index in [-0.39, 0.29) is 44.2 Å². The summed E-state index contributed by atoms with van der Waals surface area (Å²) in [6.07, 6.45) is 1.29. The number of benzene rings is 1. The largest absolute Gasteiger partial charge is 0.341 e. The van der Waals surface area contributed by atoms with Crippen molar-refractivity contribution >= 4 is 0 Å². The van der Waals surface area contributed by atoms with Crippen molar-refractivity contribution in [1.82, 2.24) is 5.48 Å². The van der Waals surface area contributed by atoms with Crippen molar-refractivity contribution in [3.63, 3.8) is 0 Å². The van der Waals surface area contributed by atoms with Crippen molar-refractivity contribution in [2.24, 2.45) is 11.3 Å². The summed E-state index contributed by atoms with van der Waals surface area (Å²) in [4.78, 5) is 5.33. The summed E-state index contributed by atoms with van der Waals surface area (Å²) in [5.41, 5.74) is 2.91. The first-order valence-corrected chi connectivity index (χ1v) is 6.46. The Kier molecular flexibility index (Phi) is 13.6. The second-order valence-corrected chi connectivity index (χ2v) is 5.34. The summed E-state index contributed by atoms with van der Waals surface area (Å²) in [6.45, 7) is 12.6. The van der Waals surface area contributed by atoms with Crippen LogP contribution in [-0.2, 0) is 37.5 Å². The first-order chi connectivity index (χ1) is 8.40. The van der Waals surface area contributed by atoms with Gasteiger partial charge in [-0.1, -0.05) is 27.2 Å². The molecule has 0 amide bonds. The van der Waals surface area contributed by atoms with Crippen molar-refractivity contribution in [3.05, 3.63) is 43.3 Å². The third-order valence-electron chi connectivity index (χ3n) is 2.88. The minimum absolute atomic E-state index is 0. The minimum Gasteiger partial charge on any atom is -0.341 e.